The zero-order chi connectivity index (χ0) is 24.3. The van der Waals surface area contributed by atoms with Crippen LogP contribution < -0.4 is 9.05 Å². The third-order valence-electron chi connectivity index (χ3n) is 6.70. The third kappa shape index (κ3) is 7.22. The van der Waals surface area contributed by atoms with Crippen LogP contribution in [0.2, 0.25) is 0 Å². The lowest BCUT2D eigenvalue weighted by Gasteiger charge is -2.27. The molecule has 34 heavy (non-hydrogen) atoms. The van der Waals surface area contributed by atoms with Crippen molar-refractivity contribution in [3.8, 4) is 11.5 Å². The molecule has 4 heteroatoms. The summed E-state index contributed by atoms with van der Waals surface area (Å²) in [6, 6.07) is 9.53. The molecule has 0 aromatic heterocycles. The number of hydrogen-bond acceptors (Lipinski definition) is 3. The van der Waals surface area contributed by atoms with Gasteiger partial charge in [-0.15, -0.1) is 0 Å². The fourth-order valence-electron chi connectivity index (χ4n) is 4.75. The molecular formula is C30H45O3P. The van der Waals surface area contributed by atoms with Crippen molar-refractivity contribution in [3.63, 3.8) is 0 Å². The summed E-state index contributed by atoms with van der Waals surface area (Å²) >= 11 is 0. The highest BCUT2D eigenvalue weighted by molar-refractivity contribution is 7.42. The minimum atomic E-state index is -1.49. The Labute approximate surface area is 209 Å². The van der Waals surface area contributed by atoms with Crippen LogP contribution in [-0.2, 0) is 36.6 Å². The zero-order valence-electron chi connectivity index (χ0n) is 22.2. The summed E-state index contributed by atoms with van der Waals surface area (Å²) in [5.74, 6) is 2.00. The number of unbranched alkanes of at least 4 members (excludes halogenated alkanes) is 4. The van der Waals surface area contributed by atoms with Crippen molar-refractivity contribution < 1.29 is 13.6 Å². The summed E-state index contributed by atoms with van der Waals surface area (Å²) in [6.45, 7) is 9.04. The van der Waals surface area contributed by atoms with Crippen molar-refractivity contribution in [3.05, 3.63) is 57.6 Å². The molecule has 0 aliphatic carbocycles. The minimum Gasteiger partial charge on any atom is -0.417 e. The highest BCUT2D eigenvalue weighted by Crippen LogP contribution is 2.49. The second kappa shape index (κ2) is 14.1. The lowest BCUT2D eigenvalue weighted by Crippen LogP contribution is -2.11. The van der Waals surface area contributed by atoms with Crippen LogP contribution >= 0.6 is 8.60 Å². The van der Waals surface area contributed by atoms with Crippen LogP contribution in [0.15, 0.2) is 24.3 Å². The summed E-state index contributed by atoms with van der Waals surface area (Å²) in [4.78, 5) is 0. The van der Waals surface area contributed by atoms with E-state index in [1.807, 2.05) is 0 Å². The Morgan fingerprint density at radius 2 is 1.06 bits per heavy atom. The lowest BCUT2D eigenvalue weighted by atomic mass is 9.91. The quantitative estimate of drug-likeness (QED) is 0.265. The Hall–Kier alpha value is -1.57. The van der Waals surface area contributed by atoms with Crippen LogP contribution in [0.1, 0.15) is 112 Å². The van der Waals surface area contributed by atoms with Crippen molar-refractivity contribution in [2.24, 2.45) is 0 Å². The SMILES string of the molecule is CCCCc1cc(CCCC)c2c(c1)Cc1cc(CCCC)cc(CCCC)c1OP(OC)O2. The van der Waals surface area contributed by atoms with Crippen LogP contribution in [0.5, 0.6) is 11.5 Å². The van der Waals surface area contributed by atoms with Crippen molar-refractivity contribution in [1.29, 1.82) is 0 Å². The second-order valence-electron chi connectivity index (χ2n) is 9.67. The van der Waals surface area contributed by atoms with E-state index in [0.717, 1.165) is 56.4 Å². The molecule has 0 amide bonds. The highest BCUT2D eigenvalue weighted by atomic mass is 31.2. The molecule has 0 fully saturated rings. The van der Waals surface area contributed by atoms with E-state index >= 15 is 0 Å². The van der Waals surface area contributed by atoms with Crippen LogP contribution in [0.3, 0.4) is 0 Å². The summed E-state index contributed by atoms with van der Waals surface area (Å²) in [6.07, 6.45) is 14.7. The Kier molecular flexibility index (Phi) is 11.2. The molecule has 2 aromatic rings. The van der Waals surface area contributed by atoms with E-state index in [2.05, 4.69) is 52.0 Å². The Morgan fingerprint density at radius 1 is 0.647 bits per heavy atom. The normalized spacial score (nSPS) is 13.4. The van der Waals surface area contributed by atoms with Crippen molar-refractivity contribution in [1.82, 2.24) is 0 Å². The molecule has 0 spiro atoms. The van der Waals surface area contributed by atoms with Gasteiger partial charge in [-0.2, -0.15) is 0 Å². The Bertz CT molecular complexity index is 837. The lowest BCUT2D eigenvalue weighted by molar-refractivity contribution is 0.317. The largest absolute Gasteiger partial charge is 0.462 e. The maximum absolute atomic E-state index is 6.51. The van der Waals surface area contributed by atoms with Gasteiger partial charge < -0.3 is 9.05 Å². The van der Waals surface area contributed by atoms with Crippen molar-refractivity contribution >= 4 is 8.60 Å². The molecule has 0 atom stereocenters. The first-order chi connectivity index (χ1) is 16.6. The average Bonchev–Trinajstić information content (AvgIpc) is 2.84. The maximum Gasteiger partial charge on any atom is 0.462 e. The monoisotopic (exact) mass is 484 g/mol. The van der Waals surface area contributed by atoms with Gasteiger partial charge in [0, 0.05) is 13.5 Å². The van der Waals surface area contributed by atoms with Gasteiger partial charge in [-0.3, -0.25) is 4.52 Å². The maximum atomic E-state index is 6.51. The van der Waals surface area contributed by atoms with Gasteiger partial charge >= 0.3 is 8.60 Å². The summed E-state index contributed by atoms with van der Waals surface area (Å²) in [7, 11) is 0.214. The molecule has 0 unspecified atom stereocenters. The Balaban J connectivity index is 2.12. The predicted octanol–water partition coefficient (Wildman–Crippen LogP) is 9.29. The molecule has 3 nitrogen and oxygen atoms in total. The van der Waals surface area contributed by atoms with Gasteiger partial charge in [0.05, 0.1) is 0 Å². The molecule has 3 rings (SSSR count). The van der Waals surface area contributed by atoms with E-state index in [0.29, 0.717) is 0 Å². The van der Waals surface area contributed by atoms with Crippen LogP contribution in [-0.4, -0.2) is 7.11 Å². The van der Waals surface area contributed by atoms with Crippen LogP contribution in [0, 0.1) is 0 Å². The fraction of sp³-hybridized carbons (Fsp3) is 0.600. The number of rotatable bonds is 13. The second-order valence-corrected chi connectivity index (χ2v) is 10.8. The van der Waals surface area contributed by atoms with Gasteiger partial charge in [-0.1, -0.05) is 77.6 Å². The molecule has 2 aromatic carbocycles. The van der Waals surface area contributed by atoms with Gasteiger partial charge in [0.2, 0.25) is 0 Å². The van der Waals surface area contributed by atoms with Crippen LogP contribution in [0.25, 0.3) is 0 Å². The molecule has 0 radical (unpaired) electrons. The molecule has 0 saturated carbocycles. The van der Waals surface area contributed by atoms with Crippen LogP contribution in [0.4, 0.5) is 0 Å². The van der Waals surface area contributed by atoms with Gasteiger partial charge in [0.15, 0.2) is 0 Å². The average molecular weight is 485 g/mol. The third-order valence-corrected chi connectivity index (χ3v) is 7.67. The standard InChI is InChI=1S/C30H45O3P/c1-6-10-14-23-18-25(16-12-8-3)29-27(20-23)22-28-21-24(15-11-7-2)19-26(17-13-9-4)30(28)33-34(31-5)32-29/h18-21H,6-17,22H2,1-5H3. The molecule has 1 aliphatic rings. The molecular weight excluding hydrogens is 439 g/mol. The van der Waals surface area contributed by atoms with Gasteiger partial charge in [0.25, 0.3) is 0 Å². The van der Waals surface area contributed by atoms with Gasteiger partial charge in [-0.25, -0.2) is 0 Å². The highest BCUT2D eigenvalue weighted by Gasteiger charge is 2.27. The molecule has 188 valence electrons. The van der Waals surface area contributed by atoms with E-state index in [1.54, 1.807) is 7.11 Å². The topological polar surface area (TPSA) is 27.7 Å². The molecule has 0 N–H and O–H groups in total. The molecule has 0 saturated heterocycles. The van der Waals surface area contributed by atoms with E-state index < -0.39 is 8.60 Å². The zero-order valence-corrected chi connectivity index (χ0v) is 23.1. The first kappa shape index (κ1) is 27.0. The number of benzene rings is 2. The summed E-state index contributed by atoms with van der Waals surface area (Å²) in [5, 5.41) is 0. The molecule has 0 bridgehead atoms. The number of aryl methyl sites for hydroxylation is 4. The number of fused-ring (bicyclic) bond motifs is 2. The molecule has 1 aliphatic heterocycles. The smallest absolute Gasteiger partial charge is 0.417 e. The Morgan fingerprint density at radius 3 is 1.44 bits per heavy atom. The van der Waals surface area contributed by atoms with E-state index in [-0.39, 0.29) is 0 Å². The summed E-state index contributed by atoms with van der Waals surface area (Å²) < 4.78 is 18.8. The van der Waals surface area contributed by atoms with Gasteiger partial charge in [0.1, 0.15) is 11.5 Å². The van der Waals surface area contributed by atoms with E-state index in [1.165, 1.54) is 71.9 Å². The summed E-state index contributed by atoms with van der Waals surface area (Å²) in [5.41, 5.74) is 8.10. The van der Waals surface area contributed by atoms with E-state index in [9.17, 15) is 0 Å². The van der Waals surface area contributed by atoms with Crippen molar-refractivity contribution in [2.45, 2.75) is 111 Å². The minimum absolute atomic E-state index is 0.857. The molecule has 1 heterocycles. The van der Waals surface area contributed by atoms with Gasteiger partial charge in [-0.05, 0) is 84.7 Å². The number of hydrogen-bond donors (Lipinski definition) is 0. The first-order valence-electron chi connectivity index (χ1n) is 13.6. The van der Waals surface area contributed by atoms with E-state index in [4.69, 9.17) is 13.6 Å². The van der Waals surface area contributed by atoms with Crippen molar-refractivity contribution in [2.75, 3.05) is 7.11 Å². The fourth-order valence-corrected chi connectivity index (χ4v) is 5.71. The first-order valence-corrected chi connectivity index (χ1v) is 14.7. The predicted molar refractivity (Wildman–Crippen MR) is 145 cm³/mol.